The van der Waals surface area contributed by atoms with Crippen LogP contribution in [0.25, 0.3) is 0 Å². The van der Waals surface area contributed by atoms with E-state index in [2.05, 4.69) is 25.8 Å². The van der Waals surface area contributed by atoms with Crippen molar-refractivity contribution in [3.63, 3.8) is 0 Å². The van der Waals surface area contributed by atoms with E-state index in [0.717, 1.165) is 5.03 Å². The van der Waals surface area contributed by atoms with Gasteiger partial charge in [-0.1, -0.05) is 20.8 Å². The van der Waals surface area contributed by atoms with Crippen LogP contribution in [0.3, 0.4) is 0 Å². The van der Waals surface area contributed by atoms with Gasteiger partial charge in [0.15, 0.2) is 0 Å². The van der Waals surface area contributed by atoms with Crippen molar-refractivity contribution in [2.75, 3.05) is 6.61 Å². The van der Waals surface area contributed by atoms with Gasteiger partial charge in [-0.25, -0.2) is 9.78 Å². The first-order valence-electron chi connectivity index (χ1n) is 5.84. The van der Waals surface area contributed by atoms with Crippen molar-refractivity contribution >= 4 is 17.7 Å². The fraction of sp³-hybridized carbons (Fsp3) is 0.538. The number of hydrogen-bond donors (Lipinski definition) is 0. The van der Waals surface area contributed by atoms with Gasteiger partial charge in [-0.15, -0.1) is 11.8 Å². The lowest BCUT2D eigenvalue weighted by Crippen LogP contribution is -2.07. The van der Waals surface area contributed by atoms with Gasteiger partial charge in [-0.2, -0.15) is 0 Å². The number of esters is 1. The van der Waals surface area contributed by atoms with Crippen LogP contribution in [0.5, 0.6) is 0 Å². The van der Waals surface area contributed by atoms with Crippen LogP contribution < -0.4 is 0 Å². The summed E-state index contributed by atoms with van der Waals surface area (Å²) >= 11 is 1.72. The smallest absolute Gasteiger partial charge is 0.339 e. The molecule has 3 nitrogen and oxygen atoms in total. The molecule has 1 aromatic rings. The molecule has 1 heterocycles. The predicted octanol–water partition coefficient (Wildman–Crippen LogP) is 3.39. The first kappa shape index (κ1) is 14.0. The molecule has 1 rings (SSSR count). The molecule has 0 saturated heterocycles. The average molecular weight is 253 g/mol. The van der Waals surface area contributed by atoms with E-state index in [4.69, 9.17) is 4.74 Å². The van der Waals surface area contributed by atoms with Gasteiger partial charge >= 0.3 is 5.97 Å². The van der Waals surface area contributed by atoms with Crippen molar-refractivity contribution in [1.29, 1.82) is 0 Å². The third kappa shape index (κ3) is 4.38. The van der Waals surface area contributed by atoms with Crippen LogP contribution in [0.4, 0.5) is 0 Å². The lowest BCUT2D eigenvalue weighted by atomic mass is 10.2. The molecule has 0 aliphatic heterocycles. The Bertz CT molecular complexity index is 362. The molecule has 0 N–H and O–H groups in total. The highest BCUT2D eigenvalue weighted by Crippen LogP contribution is 2.25. The largest absolute Gasteiger partial charge is 0.462 e. The Labute approximate surface area is 107 Å². The second-order valence-electron chi connectivity index (χ2n) is 4.17. The minimum absolute atomic E-state index is 0.312. The highest BCUT2D eigenvalue weighted by Gasteiger charge is 2.11. The summed E-state index contributed by atoms with van der Waals surface area (Å²) in [7, 11) is 0. The molecule has 1 atom stereocenters. The highest BCUT2D eigenvalue weighted by atomic mass is 32.2. The number of thioether (sulfide) groups is 1. The van der Waals surface area contributed by atoms with Crippen molar-refractivity contribution in [1.82, 2.24) is 4.98 Å². The maximum atomic E-state index is 11.4. The molecule has 0 spiro atoms. The average Bonchev–Trinajstić information content (AvgIpc) is 2.30. The minimum atomic E-state index is -0.312. The zero-order valence-electron chi connectivity index (χ0n) is 10.8. The standard InChI is InChI=1S/C13H19NO2S/c1-5-16-13(15)11-6-7-12(14-8-11)17-10(4)9(2)3/h6-10H,5H2,1-4H3. The maximum Gasteiger partial charge on any atom is 0.339 e. The zero-order chi connectivity index (χ0) is 12.8. The normalized spacial score (nSPS) is 12.5. The van der Waals surface area contributed by atoms with Crippen LogP contribution >= 0.6 is 11.8 Å². The van der Waals surface area contributed by atoms with E-state index in [0.29, 0.717) is 23.3 Å². The van der Waals surface area contributed by atoms with E-state index in [1.807, 2.05) is 6.07 Å². The second-order valence-corrected chi connectivity index (χ2v) is 5.57. The van der Waals surface area contributed by atoms with Crippen LogP contribution in [0, 0.1) is 5.92 Å². The van der Waals surface area contributed by atoms with E-state index >= 15 is 0 Å². The molecular weight excluding hydrogens is 234 g/mol. The van der Waals surface area contributed by atoms with E-state index in [-0.39, 0.29) is 5.97 Å². The number of nitrogens with zero attached hydrogens (tertiary/aromatic N) is 1. The van der Waals surface area contributed by atoms with Gasteiger partial charge in [0.05, 0.1) is 17.2 Å². The molecule has 0 bridgehead atoms. The number of carbonyl (C=O) groups excluding carboxylic acids is 1. The number of ether oxygens (including phenoxy) is 1. The Morgan fingerprint density at radius 2 is 2.12 bits per heavy atom. The quantitative estimate of drug-likeness (QED) is 0.595. The van der Waals surface area contributed by atoms with Crippen molar-refractivity contribution in [3.8, 4) is 0 Å². The summed E-state index contributed by atoms with van der Waals surface area (Å²) < 4.78 is 4.90. The van der Waals surface area contributed by atoms with Crippen molar-refractivity contribution in [2.45, 2.75) is 38.0 Å². The number of aromatic nitrogens is 1. The predicted molar refractivity (Wildman–Crippen MR) is 70.4 cm³/mol. The number of rotatable bonds is 5. The molecule has 1 aromatic heterocycles. The van der Waals surface area contributed by atoms with Gasteiger partial charge in [-0.3, -0.25) is 0 Å². The minimum Gasteiger partial charge on any atom is -0.462 e. The molecule has 0 fully saturated rings. The van der Waals surface area contributed by atoms with Gasteiger partial charge in [0, 0.05) is 11.4 Å². The fourth-order valence-corrected chi connectivity index (χ4v) is 2.02. The van der Waals surface area contributed by atoms with Crippen LogP contribution in [-0.4, -0.2) is 22.8 Å². The summed E-state index contributed by atoms with van der Waals surface area (Å²) in [5.74, 6) is 0.292. The van der Waals surface area contributed by atoms with Gasteiger partial charge in [0.2, 0.25) is 0 Å². The summed E-state index contributed by atoms with van der Waals surface area (Å²) in [4.78, 5) is 15.7. The summed E-state index contributed by atoms with van der Waals surface area (Å²) in [6.45, 7) is 8.73. The van der Waals surface area contributed by atoms with Gasteiger partial charge in [-0.05, 0) is 25.0 Å². The second kappa shape index (κ2) is 6.64. The third-order valence-corrected chi connectivity index (χ3v) is 3.89. The lowest BCUT2D eigenvalue weighted by molar-refractivity contribution is 0.0525. The van der Waals surface area contributed by atoms with E-state index in [9.17, 15) is 4.79 Å². The SMILES string of the molecule is CCOC(=O)c1ccc(SC(C)C(C)C)nc1. The summed E-state index contributed by atoms with van der Waals surface area (Å²) in [6, 6.07) is 3.64. The van der Waals surface area contributed by atoms with Gasteiger partial charge in [0.25, 0.3) is 0 Å². The number of pyridine rings is 1. The van der Waals surface area contributed by atoms with Crippen molar-refractivity contribution < 1.29 is 9.53 Å². The summed E-state index contributed by atoms with van der Waals surface area (Å²) in [5.41, 5.74) is 0.508. The molecule has 0 aromatic carbocycles. The first-order chi connectivity index (χ1) is 8.04. The molecule has 0 radical (unpaired) electrons. The van der Waals surface area contributed by atoms with E-state index in [1.54, 1.807) is 30.9 Å². The molecule has 0 amide bonds. The van der Waals surface area contributed by atoms with Crippen LogP contribution in [0.1, 0.15) is 38.1 Å². The highest BCUT2D eigenvalue weighted by molar-refractivity contribution is 7.99. The molecule has 0 aliphatic rings. The van der Waals surface area contributed by atoms with E-state index < -0.39 is 0 Å². The molecule has 0 saturated carbocycles. The Hall–Kier alpha value is -1.03. The summed E-state index contributed by atoms with van der Waals surface area (Å²) in [5, 5.41) is 1.45. The van der Waals surface area contributed by atoms with Gasteiger partial charge in [0.1, 0.15) is 0 Å². The van der Waals surface area contributed by atoms with Crippen LogP contribution in [0.2, 0.25) is 0 Å². The van der Waals surface area contributed by atoms with Gasteiger partial charge < -0.3 is 4.74 Å². The molecule has 94 valence electrons. The molecule has 17 heavy (non-hydrogen) atoms. The molecule has 4 heteroatoms. The first-order valence-corrected chi connectivity index (χ1v) is 6.72. The van der Waals surface area contributed by atoms with Crippen LogP contribution in [0.15, 0.2) is 23.4 Å². The lowest BCUT2D eigenvalue weighted by Gasteiger charge is -2.14. The number of carbonyl (C=O) groups is 1. The Balaban J connectivity index is 2.65. The zero-order valence-corrected chi connectivity index (χ0v) is 11.6. The summed E-state index contributed by atoms with van der Waals surface area (Å²) in [6.07, 6.45) is 1.58. The Morgan fingerprint density at radius 3 is 2.59 bits per heavy atom. The third-order valence-electron chi connectivity index (χ3n) is 2.49. The fourth-order valence-electron chi connectivity index (χ4n) is 1.11. The maximum absolute atomic E-state index is 11.4. The monoisotopic (exact) mass is 253 g/mol. The van der Waals surface area contributed by atoms with Crippen molar-refractivity contribution in [2.24, 2.45) is 5.92 Å². The van der Waals surface area contributed by atoms with E-state index in [1.165, 1.54) is 0 Å². The Morgan fingerprint density at radius 1 is 1.41 bits per heavy atom. The molecule has 0 aliphatic carbocycles. The molecular formula is C13H19NO2S. The topological polar surface area (TPSA) is 39.2 Å². The Kier molecular flexibility index (Phi) is 5.48. The number of hydrogen-bond acceptors (Lipinski definition) is 4. The van der Waals surface area contributed by atoms with Crippen LogP contribution in [-0.2, 0) is 4.74 Å². The van der Waals surface area contributed by atoms with Crippen molar-refractivity contribution in [3.05, 3.63) is 23.9 Å². The molecule has 1 unspecified atom stereocenters.